The van der Waals surface area contributed by atoms with E-state index in [2.05, 4.69) is 23.8 Å². The first kappa shape index (κ1) is 8.31. The first-order valence-corrected chi connectivity index (χ1v) is 4.35. The number of H-pyrrole nitrogens is 1. The fourth-order valence-corrected chi connectivity index (χ4v) is 1.26. The monoisotopic (exact) mass is 152 g/mol. The fourth-order valence-electron chi connectivity index (χ4n) is 1.26. The van der Waals surface area contributed by atoms with Gasteiger partial charge in [0.05, 0.1) is 0 Å². The number of rotatable bonds is 4. The molecule has 0 saturated heterocycles. The third-order valence-corrected chi connectivity index (χ3v) is 2.19. The van der Waals surface area contributed by atoms with E-state index < -0.39 is 0 Å². The summed E-state index contributed by atoms with van der Waals surface area (Å²) in [5.41, 5.74) is 0. The summed E-state index contributed by atoms with van der Waals surface area (Å²) in [6.45, 7) is 4.47. The van der Waals surface area contributed by atoms with Crippen LogP contribution < -0.4 is 0 Å². The van der Waals surface area contributed by atoms with Gasteiger partial charge in [-0.25, -0.2) is 4.98 Å². The quantitative estimate of drug-likeness (QED) is 0.705. The van der Waals surface area contributed by atoms with E-state index in [1.165, 1.54) is 12.8 Å². The van der Waals surface area contributed by atoms with Gasteiger partial charge in [-0.2, -0.15) is 0 Å². The van der Waals surface area contributed by atoms with E-state index in [-0.39, 0.29) is 0 Å². The second-order valence-corrected chi connectivity index (χ2v) is 2.92. The molecule has 0 amide bonds. The molecule has 2 heteroatoms. The number of aromatic nitrogens is 2. The molecule has 0 spiro atoms. The van der Waals surface area contributed by atoms with Crippen LogP contribution in [0.4, 0.5) is 0 Å². The number of aromatic amines is 1. The molecule has 0 aromatic carbocycles. The van der Waals surface area contributed by atoms with Gasteiger partial charge >= 0.3 is 0 Å². The molecule has 62 valence electrons. The van der Waals surface area contributed by atoms with Crippen molar-refractivity contribution in [2.45, 2.75) is 33.1 Å². The molecule has 1 N–H and O–H groups in total. The highest BCUT2D eigenvalue weighted by molar-refractivity contribution is 4.88. The zero-order valence-electron chi connectivity index (χ0n) is 7.30. The molecule has 1 heterocycles. The van der Waals surface area contributed by atoms with Crippen molar-refractivity contribution in [3.63, 3.8) is 0 Å². The summed E-state index contributed by atoms with van der Waals surface area (Å²) in [5.74, 6) is 1.92. The Bertz CT molecular complexity index is 175. The fraction of sp³-hybridized carbons (Fsp3) is 0.667. The summed E-state index contributed by atoms with van der Waals surface area (Å²) < 4.78 is 0. The number of hydrogen-bond acceptors (Lipinski definition) is 1. The molecule has 0 aliphatic heterocycles. The van der Waals surface area contributed by atoms with Gasteiger partial charge in [0.2, 0.25) is 0 Å². The number of imidazole rings is 1. The van der Waals surface area contributed by atoms with E-state index in [9.17, 15) is 0 Å². The molecule has 0 atom stereocenters. The highest BCUT2D eigenvalue weighted by atomic mass is 14.9. The van der Waals surface area contributed by atoms with Gasteiger partial charge in [0.15, 0.2) is 0 Å². The lowest BCUT2D eigenvalue weighted by atomic mass is 9.99. The predicted octanol–water partition coefficient (Wildman–Crippen LogP) is 2.39. The van der Waals surface area contributed by atoms with Gasteiger partial charge in [-0.05, 0) is 5.92 Å². The van der Waals surface area contributed by atoms with E-state index in [1.807, 2.05) is 12.4 Å². The maximum Gasteiger partial charge on any atom is 0.106 e. The standard InChI is InChI=1S/C9H16N2/c1-3-8(4-2)7-9-10-5-6-11-9/h5-6,8H,3-4,7H2,1-2H3,(H,10,11). The lowest BCUT2D eigenvalue weighted by Gasteiger charge is -2.08. The minimum Gasteiger partial charge on any atom is -0.349 e. The second-order valence-electron chi connectivity index (χ2n) is 2.92. The summed E-state index contributed by atoms with van der Waals surface area (Å²) in [6.07, 6.45) is 7.30. The molecule has 0 radical (unpaired) electrons. The van der Waals surface area contributed by atoms with Gasteiger partial charge in [-0.1, -0.05) is 26.7 Å². The van der Waals surface area contributed by atoms with Crippen molar-refractivity contribution in [3.8, 4) is 0 Å². The van der Waals surface area contributed by atoms with Crippen molar-refractivity contribution < 1.29 is 0 Å². The SMILES string of the molecule is CCC(CC)Cc1ncc[nH]1. The summed E-state index contributed by atoms with van der Waals surface area (Å²) in [7, 11) is 0. The van der Waals surface area contributed by atoms with Crippen LogP contribution in [0.1, 0.15) is 32.5 Å². The number of nitrogens with one attached hydrogen (secondary N) is 1. The van der Waals surface area contributed by atoms with Gasteiger partial charge in [-0.3, -0.25) is 0 Å². The van der Waals surface area contributed by atoms with Crippen molar-refractivity contribution in [2.75, 3.05) is 0 Å². The molecule has 1 aromatic rings. The Kier molecular flexibility index (Phi) is 3.14. The molecule has 2 nitrogen and oxygen atoms in total. The Hall–Kier alpha value is -0.790. The van der Waals surface area contributed by atoms with Gasteiger partial charge in [0, 0.05) is 18.8 Å². The van der Waals surface area contributed by atoms with Crippen LogP contribution in [-0.2, 0) is 6.42 Å². The summed E-state index contributed by atoms with van der Waals surface area (Å²) in [6, 6.07) is 0. The largest absolute Gasteiger partial charge is 0.349 e. The smallest absolute Gasteiger partial charge is 0.106 e. The first-order valence-electron chi connectivity index (χ1n) is 4.35. The molecular formula is C9H16N2. The van der Waals surface area contributed by atoms with E-state index >= 15 is 0 Å². The van der Waals surface area contributed by atoms with Crippen LogP contribution in [-0.4, -0.2) is 9.97 Å². The Morgan fingerprint density at radius 1 is 1.45 bits per heavy atom. The van der Waals surface area contributed by atoms with E-state index in [0.717, 1.165) is 18.2 Å². The molecule has 0 bridgehead atoms. The minimum absolute atomic E-state index is 0.793. The predicted molar refractivity (Wildman–Crippen MR) is 46.4 cm³/mol. The van der Waals surface area contributed by atoms with Gasteiger partial charge in [0.25, 0.3) is 0 Å². The maximum absolute atomic E-state index is 4.20. The zero-order chi connectivity index (χ0) is 8.10. The molecule has 1 aromatic heterocycles. The maximum atomic E-state index is 4.20. The van der Waals surface area contributed by atoms with Crippen molar-refractivity contribution in [1.82, 2.24) is 9.97 Å². The Morgan fingerprint density at radius 3 is 2.64 bits per heavy atom. The average Bonchev–Trinajstić information content (AvgIpc) is 2.52. The van der Waals surface area contributed by atoms with Crippen molar-refractivity contribution >= 4 is 0 Å². The highest BCUT2D eigenvalue weighted by Gasteiger charge is 2.05. The Labute approximate surface area is 68.0 Å². The van der Waals surface area contributed by atoms with Gasteiger partial charge in [0.1, 0.15) is 5.82 Å². The zero-order valence-corrected chi connectivity index (χ0v) is 7.30. The molecule has 0 saturated carbocycles. The number of nitrogens with zero attached hydrogens (tertiary/aromatic N) is 1. The summed E-state index contributed by atoms with van der Waals surface area (Å²) >= 11 is 0. The van der Waals surface area contributed by atoms with Gasteiger partial charge < -0.3 is 4.98 Å². The van der Waals surface area contributed by atoms with Crippen LogP contribution in [0.5, 0.6) is 0 Å². The summed E-state index contributed by atoms with van der Waals surface area (Å²) in [4.78, 5) is 7.32. The normalized spacial score (nSPS) is 10.8. The minimum atomic E-state index is 0.793. The van der Waals surface area contributed by atoms with E-state index in [1.54, 1.807) is 0 Å². The van der Waals surface area contributed by atoms with E-state index in [4.69, 9.17) is 0 Å². The van der Waals surface area contributed by atoms with Gasteiger partial charge in [-0.15, -0.1) is 0 Å². The highest BCUT2D eigenvalue weighted by Crippen LogP contribution is 2.11. The molecule has 1 rings (SSSR count). The molecule has 11 heavy (non-hydrogen) atoms. The first-order chi connectivity index (χ1) is 5.36. The lowest BCUT2D eigenvalue weighted by molar-refractivity contribution is 0.480. The van der Waals surface area contributed by atoms with Crippen LogP contribution in [0.3, 0.4) is 0 Å². The van der Waals surface area contributed by atoms with Crippen LogP contribution >= 0.6 is 0 Å². The Morgan fingerprint density at radius 2 is 2.18 bits per heavy atom. The molecule has 0 aliphatic carbocycles. The topological polar surface area (TPSA) is 28.7 Å². The number of hydrogen-bond donors (Lipinski definition) is 1. The molecular weight excluding hydrogens is 136 g/mol. The molecule has 0 fully saturated rings. The van der Waals surface area contributed by atoms with Crippen molar-refractivity contribution in [2.24, 2.45) is 5.92 Å². The second kappa shape index (κ2) is 4.16. The summed E-state index contributed by atoms with van der Waals surface area (Å²) in [5, 5.41) is 0. The van der Waals surface area contributed by atoms with Crippen molar-refractivity contribution in [1.29, 1.82) is 0 Å². The van der Waals surface area contributed by atoms with Crippen LogP contribution in [0.25, 0.3) is 0 Å². The Balaban J connectivity index is 2.41. The third kappa shape index (κ3) is 2.37. The average molecular weight is 152 g/mol. The lowest BCUT2D eigenvalue weighted by Crippen LogP contribution is -2.02. The van der Waals surface area contributed by atoms with Crippen LogP contribution in [0, 0.1) is 5.92 Å². The van der Waals surface area contributed by atoms with Crippen LogP contribution in [0.2, 0.25) is 0 Å². The third-order valence-electron chi connectivity index (χ3n) is 2.19. The molecule has 0 unspecified atom stereocenters. The molecule has 0 aliphatic rings. The van der Waals surface area contributed by atoms with E-state index in [0.29, 0.717) is 0 Å². The van der Waals surface area contributed by atoms with Crippen LogP contribution in [0.15, 0.2) is 12.4 Å². The van der Waals surface area contributed by atoms with Crippen molar-refractivity contribution in [3.05, 3.63) is 18.2 Å².